The Balaban J connectivity index is 2.60. The van der Waals surface area contributed by atoms with Gasteiger partial charge < -0.3 is 15.2 Å². The predicted molar refractivity (Wildman–Crippen MR) is 84.8 cm³/mol. The van der Waals surface area contributed by atoms with Crippen LogP contribution in [0.1, 0.15) is 39.7 Å². The predicted octanol–water partition coefficient (Wildman–Crippen LogP) is 2.95. The average Bonchev–Trinajstić information content (AvgIpc) is 2.34. The molecule has 0 radical (unpaired) electrons. The molecule has 0 heterocycles. The van der Waals surface area contributed by atoms with Crippen LogP contribution in [0.15, 0.2) is 18.2 Å². The van der Waals surface area contributed by atoms with Crippen molar-refractivity contribution < 1.29 is 14.6 Å². The Labute approximate surface area is 131 Å². The number of methoxy groups -OCH3 is 1. The van der Waals surface area contributed by atoms with E-state index >= 15 is 0 Å². The number of carbonyl (C=O) groups excluding carboxylic acids is 1. The van der Waals surface area contributed by atoms with Gasteiger partial charge in [-0.3, -0.25) is 4.79 Å². The highest BCUT2D eigenvalue weighted by Crippen LogP contribution is 2.25. The molecular weight excluding hydrogens is 290 g/mol. The fourth-order valence-electron chi connectivity index (χ4n) is 1.69. The van der Waals surface area contributed by atoms with Crippen molar-refractivity contribution >= 4 is 17.5 Å². The van der Waals surface area contributed by atoms with E-state index in [1.165, 1.54) is 0 Å². The molecule has 0 saturated heterocycles. The minimum Gasteiger partial charge on any atom is -0.495 e. The summed E-state index contributed by atoms with van der Waals surface area (Å²) in [6.07, 6.45) is 0.916. The maximum Gasteiger partial charge on any atom is 0.220 e. The zero-order valence-electron chi connectivity index (χ0n) is 13.3. The second-order valence-corrected chi connectivity index (χ2v) is 6.61. The lowest BCUT2D eigenvalue weighted by atomic mass is 9.86. The maximum absolute atomic E-state index is 12.0. The van der Waals surface area contributed by atoms with Gasteiger partial charge >= 0.3 is 0 Å². The molecule has 0 aliphatic carbocycles. The zero-order chi connectivity index (χ0) is 16.3. The molecule has 118 valence electrons. The van der Waals surface area contributed by atoms with Gasteiger partial charge in [-0.2, -0.15) is 0 Å². The summed E-state index contributed by atoms with van der Waals surface area (Å²) in [5.41, 5.74) is -0.717. The largest absolute Gasteiger partial charge is 0.495 e. The highest BCUT2D eigenvalue weighted by molar-refractivity contribution is 6.32. The lowest BCUT2D eigenvalue weighted by Gasteiger charge is -2.38. The molecule has 0 unspecified atom stereocenters. The smallest absolute Gasteiger partial charge is 0.220 e. The first-order valence-corrected chi connectivity index (χ1v) is 7.30. The van der Waals surface area contributed by atoms with Crippen LogP contribution in [-0.2, 0) is 11.2 Å². The molecule has 4 nitrogen and oxygen atoms in total. The molecule has 0 bridgehead atoms. The highest BCUT2D eigenvalue weighted by atomic mass is 35.5. The number of carbonyl (C=O) groups is 1. The fraction of sp³-hybridized carbons (Fsp3) is 0.562. The standard InChI is InChI=1S/C16H24ClNO3/c1-15(2,16(3,4)20)18-14(19)9-7-11-6-8-13(21-5)12(17)10-11/h6,8,10,20H,7,9H2,1-5H3,(H,18,19). The van der Waals surface area contributed by atoms with Crippen molar-refractivity contribution in [3.63, 3.8) is 0 Å². The molecule has 1 aromatic carbocycles. The van der Waals surface area contributed by atoms with Crippen molar-refractivity contribution in [2.45, 2.75) is 51.7 Å². The number of halogens is 1. The summed E-state index contributed by atoms with van der Waals surface area (Å²) >= 11 is 6.05. The van der Waals surface area contributed by atoms with E-state index in [4.69, 9.17) is 16.3 Å². The molecular formula is C16H24ClNO3. The molecule has 1 aromatic rings. The van der Waals surface area contributed by atoms with Crippen molar-refractivity contribution in [3.8, 4) is 5.75 Å². The third kappa shape index (κ3) is 4.90. The van der Waals surface area contributed by atoms with Crippen LogP contribution in [0.25, 0.3) is 0 Å². The number of aliphatic hydroxyl groups is 1. The Hall–Kier alpha value is -1.26. The minimum absolute atomic E-state index is 0.103. The molecule has 2 N–H and O–H groups in total. The normalized spacial score (nSPS) is 12.1. The summed E-state index contributed by atoms with van der Waals surface area (Å²) in [6.45, 7) is 6.96. The SMILES string of the molecule is COc1ccc(CCC(=O)NC(C)(C)C(C)(C)O)cc1Cl. The number of nitrogens with one attached hydrogen (secondary N) is 1. The molecule has 0 spiro atoms. The summed E-state index contributed by atoms with van der Waals surface area (Å²) in [5.74, 6) is 0.516. The van der Waals surface area contributed by atoms with E-state index in [0.717, 1.165) is 5.56 Å². The first kappa shape index (κ1) is 17.8. The number of hydrogen-bond acceptors (Lipinski definition) is 3. The Morgan fingerprint density at radius 3 is 2.43 bits per heavy atom. The third-order valence-corrected chi connectivity index (χ3v) is 4.13. The van der Waals surface area contributed by atoms with Gasteiger partial charge in [-0.05, 0) is 51.8 Å². The Kier molecular flexibility index (Phi) is 5.65. The van der Waals surface area contributed by atoms with Gasteiger partial charge in [0, 0.05) is 6.42 Å². The zero-order valence-corrected chi connectivity index (χ0v) is 14.0. The molecule has 1 amide bonds. The van der Waals surface area contributed by atoms with Gasteiger partial charge in [-0.25, -0.2) is 0 Å². The Bertz CT molecular complexity index is 507. The highest BCUT2D eigenvalue weighted by Gasteiger charge is 2.36. The van der Waals surface area contributed by atoms with Gasteiger partial charge in [0.15, 0.2) is 0 Å². The van der Waals surface area contributed by atoms with E-state index in [2.05, 4.69) is 5.32 Å². The molecule has 0 aromatic heterocycles. The maximum atomic E-state index is 12.0. The number of rotatable bonds is 6. The van der Waals surface area contributed by atoms with Crippen LogP contribution in [0.5, 0.6) is 5.75 Å². The van der Waals surface area contributed by atoms with Crippen LogP contribution in [-0.4, -0.2) is 29.3 Å². The number of aryl methyl sites for hydroxylation is 1. The van der Waals surface area contributed by atoms with E-state index in [0.29, 0.717) is 23.6 Å². The van der Waals surface area contributed by atoms with Gasteiger partial charge in [0.05, 0.1) is 23.3 Å². The second kappa shape index (κ2) is 6.67. The van der Waals surface area contributed by atoms with Crippen LogP contribution >= 0.6 is 11.6 Å². The van der Waals surface area contributed by atoms with Gasteiger partial charge in [-0.15, -0.1) is 0 Å². The van der Waals surface area contributed by atoms with Crippen molar-refractivity contribution in [2.24, 2.45) is 0 Å². The topological polar surface area (TPSA) is 58.6 Å². The summed E-state index contributed by atoms with van der Waals surface area (Å²) in [7, 11) is 1.56. The quantitative estimate of drug-likeness (QED) is 0.849. The van der Waals surface area contributed by atoms with Crippen molar-refractivity contribution in [1.82, 2.24) is 5.32 Å². The van der Waals surface area contributed by atoms with E-state index in [1.807, 2.05) is 6.07 Å². The summed E-state index contributed by atoms with van der Waals surface area (Å²) in [5, 5.41) is 13.4. The minimum atomic E-state index is -0.994. The molecule has 21 heavy (non-hydrogen) atoms. The van der Waals surface area contributed by atoms with Gasteiger partial charge in [0.1, 0.15) is 5.75 Å². The number of hydrogen-bond donors (Lipinski definition) is 2. The lowest BCUT2D eigenvalue weighted by Crippen LogP contribution is -2.57. The van der Waals surface area contributed by atoms with Gasteiger partial charge in [0.25, 0.3) is 0 Å². The Morgan fingerprint density at radius 2 is 1.95 bits per heavy atom. The van der Waals surface area contributed by atoms with E-state index < -0.39 is 11.1 Å². The van der Waals surface area contributed by atoms with E-state index in [1.54, 1.807) is 46.9 Å². The summed E-state index contributed by atoms with van der Waals surface area (Å²) in [4.78, 5) is 12.0. The molecule has 0 saturated carbocycles. The van der Waals surface area contributed by atoms with Crippen LogP contribution in [0.3, 0.4) is 0 Å². The monoisotopic (exact) mass is 313 g/mol. The molecule has 0 atom stereocenters. The summed E-state index contributed by atoms with van der Waals surface area (Å²) < 4.78 is 5.09. The lowest BCUT2D eigenvalue weighted by molar-refractivity contribution is -0.126. The Morgan fingerprint density at radius 1 is 1.33 bits per heavy atom. The van der Waals surface area contributed by atoms with Crippen molar-refractivity contribution in [1.29, 1.82) is 0 Å². The van der Waals surface area contributed by atoms with Crippen LogP contribution in [0.2, 0.25) is 5.02 Å². The fourth-order valence-corrected chi connectivity index (χ4v) is 1.97. The molecule has 1 rings (SSSR count). The molecule has 0 fully saturated rings. The van der Waals surface area contributed by atoms with Crippen molar-refractivity contribution in [2.75, 3.05) is 7.11 Å². The first-order chi connectivity index (χ1) is 9.56. The number of amides is 1. The van der Waals surface area contributed by atoms with E-state index in [-0.39, 0.29) is 5.91 Å². The number of benzene rings is 1. The molecule has 0 aliphatic heterocycles. The molecule has 0 aliphatic rings. The molecule has 5 heteroatoms. The first-order valence-electron chi connectivity index (χ1n) is 6.92. The second-order valence-electron chi connectivity index (χ2n) is 6.20. The number of ether oxygens (including phenoxy) is 1. The van der Waals surface area contributed by atoms with Crippen LogP contribution < -0.4 is 10.1 Å². The average molecular weight is 314 g/mol. The van der Waals surface area contributed by atoms with Crippen molar-refractivity contribution in [3.05, 3.63) is 28.8 Å². The van der Waals surface area contributed by atoms with Crippen LogP contribution in [0.4, 0.5) is 0 Å². The van der Waals surface area contributed by atoms with Gasteiger partial charge in [-0.1, -0.05) is 17.7 Å². The summed E-state index contributed by atoms with van der Waals surface area (Å²) in [6, 6.07) is 5.48. The van der Waals surface area contributed by atoms with E-state index in [9.17, 15) is 9.90 Å². The van der Waals surface area contributed by atoms with Gasteiger partial charge in [0.2, 0.25) is 5.91 Å². The van der Waals surface area contributed by atoms with Crippen LogP contribution in [0, 0.1) is 0 Å². The third-order valence-electron chi connectivity index (χ3n) is 3.84.